The third kappa shape index (κ3) is 3.65. The summed E-state index contributed by atoms with van der Waals surface area (Å²) in [5.41, 5.74) is 1.66. The monoisotopic (exact) mass is 428 g/mol. The maximum Gasteiger partial charge on any atom is 0.274 e. The largest absolute Gasteiger partial charge is 0.457 e. The van der Waals surface area contributed by atoms with Gasteiger partial charge in [-0.3, -0.25) is 4.79 Å². The molecule has 1 N–H and O–H groups in total. The first-order valence-electron chi connectivity index (χ1n) is 9.11. The number of aryl methyl sites for hydroxylation is 1. The van der Waals surface area contributed by atoms with Gasteiger partial charge in [0.05, 0.1) is 10.6 Å². The quantitative estimate of drug-likeness (QED) is 0.668. The highest BCUT2D eigenvalue weighted by Crippen LogP contribution is 2.37. The number of hydrogen-bond acceptors (Lipinski definition) is 5. The first-order valence-corrected chi connectivity index (χ1v) is 11.8. The van der Waals surface area contributed by atoms with E-state index in [-0.39, 0.29) is 16.2 Å². The zero-order valence-electron chi connectivity index (χ0n) is 16.0. The Morgan fingerprint density at radius 3 is 2.79 bits per heavy atom. The number of nitrogens with zero attached hydrogens (tertiary/aromatic N) is 1. The Bertz CT molecular complexity index is 1310. The highest BCUT2D eigenvalue weighted by molar-refractivity contribution is 8.02. The number of benzene rings is 1. The predicted molar refractivity (Wildman–Crippen MR) is 117 cm³/mol. The van der Waals surface area contributed by atoms with Gasteiger partial charge in [-0.2, -0.15) is 0 Å². The number of sulfone groups is 1. The van der Waals surface area contributed by atoms with Gasteiger partial charge in [0.1, 0.15) is 17.0 Å². The van der Waals surface area contributed by atoms with E-state index >= 15 is 0 Å². The van der Waals surface area contributed by atoms with Gasteiger partial charge in [-0.25, -0.2) is 8.42 Å². The summed E-state index contributed by atoms with van der Waals surface area (Å²) in [6.45, 7) is 1.62. The van der Waals surface area contributed by atoms with Crippen LogP contribution in [0.25, 0.3) is 22.0 Å². The maximum atomic E-state index is 12.5. The summed E-state index contributed by atoms with van der Waals surface area (Å²) in [6, 6.07) is 6.68. The van der Waals surface area contributed by atoms with Crippen LogP contribution in [0.4, 0.5) is 0 Å². The van der Waals surface area contributed by atoms with E-state index in [0.29, 0.717) is 28.0 Å². The number of hydrogen-bond donors (Lipinski definition) is 1. The molecule has 4 rings (SSSR count). The molecular weight excluding hydrogens is 408 g/mol. The van der Waals surface area contributed by atoms with Crippen molar-refractivity contribution in [3.63, 3.8) is 0 Å². The van der Waals surface area contributed by atoms with Gasteiger partial charge < -0.3 is 14.3 Å². The zero-order chi connectivity index (χ0) is 20.6. The lowest BCUT2D eigenvalue weighted by atomic mass is 10.0. The molecule has 0 unspecified atom stereocenters. The van der Waals surface area contributed by atoms with E-state index < -0.39 is 9.84 Å². The molecule has 0 radical (unpaired) electrons. The van der Waals surface area contributed by atoms with E-state index in [4.69, 9.17) is 4.74 Å². The topological polar surface area (TPSA) is 81.2 Å². The van der Waals surface area contributed by atoms with Crippen LogP contribution < -0.4 is 10.3 Å². The van der Waals surface area contributed by atoms with Gasteiger partial charge in [0.2, 0.25) is 0 Å². The molecule has 0 atom stereocenters. The van der Waals surface area contributed by atoms with E-state index in [9.17, 15) is 13.2 Å². The molecular formula is C21H20N2O4S2. The van der Waals surface area contributed by atoms with Crippen LogP contribution in [0.5, 0.6) is 5.75 Å². The molecule has 150 valence electrons. The molecule has 0 amide bonds. The van der Waals surface area contributed by atoms with Crippen LogP contribution in [-0.2, 0) is 16.9 Å². The highest BCUT2D eigenvalue weighted by atomic mass is 32.2. The molecule has 0 spiro atoms. The molecule has 3 aromatic rings. The van der Waals surface area contributed by atoms with Crippen LogP contribution in [-0.4, -0.2) is 29.5 Å². The van der Waals surface area contributed by atoms with Gasteiger partial charge in [-0.1, -0.05) is 6.92 Å². The second-order valence-electron chi connectivity index (χ2n) is 6.63. The Labute approximate surface area is 172 Å². The van der Waals surface area contributed by atoms with E-state index in [1.165, 1.54) is 4.57 Å². The number of thioether (sulfide) groups is 1. The zero-order valence-corrected chi connectivity index (χ0v) is 17.6. The maximum absolute atomic E-state index is 12.5. The van der Waals surface area contributed by atoms with Gasteiger partial charge in [-0.15, -0.1) is 11.8 Å². The van der Waals surface area contributed by atoms with Gasteiger partial charge in [0.25, 0.3) is 5.56 Å². The van der Waals surface area contributed by atoms with Crippen LogP contribution in [0.2, 0.25) is 0 Å². The standard InChI is InChI=1S/C21H20N2O4S2/c1-3-29(25,26)15-4-5-19(27-14-7-10-28-11-8-14)17(12-15)18-13-23(2)21(24)20-16(18)6-9-22-20/h4-10,12-13,22H,3,11H2,1-2H3. The summed E-state index contributed by atoms with van der Waals surface area (Å²) in [7, 11) is -1.73. The molecule has 0 fully saturated rings. The molecule has 2 aromatic heterocycles. The number of aromatic nitrogens is 2. The number of aromatic amines is 1. The van der Waals surface area contributed by atoms with Gasteiger partial charge in [-0.05, 0) is 41.8 Å². The van der Waals surface area contributed by atoms with Gasteiger partial charge in [0, 0.05) is 41.7 Å². The SMILES string of the molecule is CCS(=O)(=O)c1ccc(OC2=CCSC=C2)c(-c2cn(C)c(=O)c3[nH]ccc23)c1. The number of H-pyrrole nitrogens is 1. The summed E-state index contributed by atoms with van der Waals surface area (Å²) >= 11 is 1.67. The fraction of sp³-hybridized carbons (Fsp3) is 0.190. The smallest absolute Gasteiger partial charge is 0.274 e. The number of rotatable bonds is 5. The average Bonchev–Trinajstić information content (AvgIpc) is 3.22. The first kappa shape index (κ1) is 19.6. The molecule has 0 saturated carbocycles. The Morgan fingerprint density at radius 2 is 2.07 bits per heavy atom. The van der Waals surface area contributed by atoms with Crippen molar-refractivity contribution in [1.29, 1.82) is 0 Å². The van der Waals surface area contributed by atoms with Crippen molar-refractivity contribution in [3.8, 4) is 16.9 Å². The van der Waals surface area contributed by atoms with Crippen molar-refractivity contribution in [2.45, 2.75) is 11.8 Å². The highest BCUT2D eigenvalue weighted by Gasteiger charge is 2.19. The molecule has 0 bridgehead atoms. The van der Waals surface area contributed by atoms with Crippen molar-refractivity contribution in [2.24, 2.45) is 7.05 Å². The molecule has 0 aliphatic carbocycles. The third-order valence-electron chi connectivity index (χ3n) is 4.81. The molecule has 1 aliphatic rings. The van der Waals surface area contributed by atoms with Gasteiger partial charge in [0.15, 0.2) is 9.84 Å². The van der Waals surface area contributed by atoms with Crippen molar-refractivity contribution in [3.05, 3.63) is 70.3 Å². The number of allylic oxidation sites excluding steroid dienone is 1. The van der Waals surface area contributed by atoms with Crippen LogP contribution >= 0.6 is 11.8 Å². The average molecular weight is 429 g/mol. The van der Waals surface area contributed by atoms with Crippen molar-refractivity contribution in [1.82, 2.24) is 9.55 Å². The minimum Gasteiger partial charge on any atom is -0.457 e. The molecule has 1 aromatic carbocycles. The van der Waals surface area contributed by atoms with Crippen molar-refractivity contribution >= 4 is 32.5 Å². The number of nitrogens with one attached hydrogen (secondary N) is 1. The van der Waals surface area contributed by atoms with Crippen LogP contribution in [0.3, 0.4) is 0 Å². The van der Waals surface area contributed by atoms with Crippen LogP contribution in [0.15, 0.2) is 69.7 Å². The summed E-state index contributed by atoms with van der Waals surface area (Å²) in [4.78, 5) is 15.6. The minimum atomic E-state index is -3.40. The number of pyridine rings is 1. The molecule has 0 saturated heterocycles. The summed E-state index contributed by atoms with van der Waals surface area (Å²) < 4.78 is 32.6. The Kier molecular flexibility index (Phi) is 5.14. The Morgan fingerprint density at radius 1 is 1.24 bits per heavy atom. The van der Waals surface area contributed by atoms with Crippen molar-refractivity contribution < 1.29 is 13.2 Å². The molecule has 8 heteroatoms. The fourth-order valence-electron chi connectivity index (χ4n) is 3.22. The lowest BCUT2D eigenvalue weighted by Gasteiger charge is -2.16. The molecule has 6 nitrogen and oxygen atoms in total. The summed E-state index contributed by atoms with van der Waals surface area (Å²) in [5.74, 6) is 2.05. The van der Waals surface area contributed by atoms with E-state index in [0.717, 1.165) is 11.3 Å². The van der Waals surface area contributed by atoms with Crippen molar-refractivity contribution in [2.75, 3.05) is 11.5 Å². The Hall–Kier alpha value is -2.71. The fourth-order valence-corrected chi connectivity index (χ4v) is 4.73. The van der Waals surface area contributed by atoms with Gasteiger partial charge >= 0.3 is 0 Å². The molecule has 29 heavy (non-hydrogen) atoms. The van der Waals surface area contributed by atoms with Crippen LogP contribution in [0.1, 0.15) is 6.92 Å². The normalized spacial score (nSPS) is 14.2. The van der Waals surface area contributed by atoms with E-state index in [1.54, 1.807) is 56.3 Å². The first-order chi connectivity index (χ1) is 13.9. The minimum absolute atomic E-state index is 0.00456. The predicted octanol–water partition coefficient (Wildman–Crippen LogP) is 3.85. The third-order valence-corrected chi connectivity index (χ3v) is 7.23. The number of fused-ring (bicyclic) bond motifs is 1. The molecule has 3 heterocycles. The summed E-state index contributed by atoms with van der Waals surface area (Å²) in [5, 5.41) is 2.68. The van der Waals surface area contributed by atoms with E-state index in [2.05, 4.69) is 4.98 Å². The van der Waals surface area contributed by atoms with E-state index in [1.807, 2.05) is 23.6 Å². The Balaban J connectivity index is 1.97. The lowest BCUT2D eigenvalue weighted by molar-refractivity contribution is 0.444. The second-order valence-corrected chi connectivity index (χ2v) is 9.85. The molecule has 1 aliphatic heterocycles. The summed E-state index contributed by atoms with van der Waals surface area (Å²) in [6.07, 6.45) is 7.26. The van der Waals surface area contributed by atoms with Crippen LogP contribution in [0, 0.1) is 0 Å². The number of ether oxygens (including phenoxy) is 1. The second kappa shape index (κ2) is 7.61. The lowest BCUT2D eigenvalue weighted by Crippen LogP contribution is -2.16.